The molecule has 2 rings (SSSR count). The Hall–Kier alpha value is -0.180. The molecule has 1 aliphatic carbocycles. The number of fused-ring (bicyclic) bond motifs is 2. The largest absolute Gasteiger partial charge is 0.295 e. The molecule has 1 saturated carbocycles. The molecule has 3 heteroatoms. The van der Waals surface area contributed by atoms with Gasteiger partial charge in [-0.3, -0.25) is 4.90 Å². The van der Waals surface area contributed by atoms with Gasteiger partial charge in [-0.25, -0.2) is 8.78 Å². The predicted octanol–water partition coefficient (Wildman–Crippen LogP) is 2.51. The van der Waals surface area contributed by atoms with E-state index in [2.05, 4.69) is 25.7 Å². The van der Waals surface area contributed by atoms with Crippen molar-refractivity contribution in [3.63, 3.8) is 0 Å². The first-order valence-corrected chi connectivity index (χ1v) is 4.95. The highest BCUT2D eigenvalue weighted by Gasteiger charge is 2.57. The van der Waals surface area contributed by atoms with Crippen molar-refractivity contribution in [3.8, 4) is 0 Å². The third-order valence-corrected chi connectivity index (χ3v) is 3.38. The van der Waals surface area contributed by atoms with Crippen LogP contribution in [0.15, 0.2) is 0 Å². The van der Waals surface area contributed by atoms with Crippen molar-refractivity contribution >= 4 is 0 Å². The summed E-state index contributed by atoms with van der Waals surface area (Å²) in [7, 11) is 0. The van der Waals surface area contributed by atoms with Crippen LogP contribution >= 0.6 is 0 Å². The van der Waals surface area contributed by atoms with E-state index in [1.165, 1.54) is 0 Å². The van der Waals surface area contributed by atoms with E-state index in [-0.39, 0.29) is 23.9 Å². The van der Waals surface area contributed by atoms with Gasteiger partial charge in [0.25, 0.3) is 5.92 Å². The average molecular weight is 189 g/mol. The van der Waals surface area contributed by atoms with E-state index in [4.69, 9.17) is 0 Å². The minimum Gasteiger partial charge on any atom is -0.295 e. The molecule has 2 aliphatic rings. The maximum atomic E-state index is 13.2. The number of nitrogens with zero attached hydrogens (tertiary/aromatic N) is 1. The van der Waals surface area contributed by atoms with Crippen LogP contribution in [-0.4, -0.2) is 28.9 Å². The smallest absolute Gasteiger partial charge is 0.253 e. The molecular formula is C10H17F2N. The summed E-state index contributed by atoms with van der Waals surface area (Å²) in [5.41, 5.74) is 0.0515. The molecule has 0 aromatic heterocycles. The van der Waals surface area contributed by atoms with E-state index in [1.54, 1.807) is 0 Å². The van der Waals surface area contributed by atoms with Gasteiger partial charge in [-0.05, 0) is 27.2 Å². The predicted molar refractivity (Wildman–Crippen MR) is 47.9 cm³/mol. The Morgan fingerprint density at radius 3 is 2.23 bits per heavy atom. The van der Waals surface area contributed by atoms with Crippen molar-refractivity contribution in [1.29, 1.82) is 0 Å². The number of rotatable bonds is 0. The van der Waals surface area contributed by atoms with Crippen molar-refractivity contribution in [3.05, 3.63) is 0 Å². The van der Waals surface area contributed by atoms with Crippen LogP contribution in [0, 0.1) is 5.92 Å². The SMILES string of the molecule is CC(C)(C)N1CC2CC1CC2(F)F. The monoisotopic (exact) mass is 189 g/mol. The average Bonchev–Trinajstić information content (AvgIpc) is 2.38. The third kappa shape index (κ3) is 1.37. The lowest BCUT2D eigenvalue weighted by atomic mass is 9.99. The van der Waals surface area contributed by atoms with E-state index in [9.17, 15) is 8.78 Å². The molecule has 1 heterocycles. The maximum Gasteiger partial charge on any atom is 0.253 e. The first kappa shape index (κ1) is 9.38. The van der Waals surface area contributed by atoms with Crippen LogP contribution < -0.4 is 0 Å². The standard InChI is InChI=1S/C10H17F2N/c1-9(2,3)13-6-7-4-8(13)5-10(7,11)12/h7-8H,4-6H2,1-3H3. The van der Waals surface area contributed by atoms with Gasteiger partial charge in [-0.1, -0.05) is 0 Å². The Morgan fingerprint density at radius 1 is 1.31 bits per heavy atom. The number of halogens is 2. The molecule has 2 atom stereocenters. The molecule has 0 radical (unpaired) electrons. The molecule has 0 aromatic rings. The molecule has 76 valence electrons. The van der Waals surface area contributed by atoms with E-state index in [1.807, 2.05) is 0 Å². The van der Waals surface area contributed by atoms with Crippen LogP contribution in [-0.2, 0) is 0 Å². The van der Waals surface area contributed by atoms with Crippen molar-refractivity contribution in [2.45, 2.75) is 51.1 Å². The molecule has 1 saturated heterocycles. The second-order valence-corrected chi connectivity index (χ2v) is 5.37. The molecule has 1 nitrogen and oxygen atoms in total. The number of likely N-dealkylation sites (tertiary alicyclic amines) is 1. The van der Waals surface area contributed by atoms with Crippen molar-refractivity contribution in [2.75, 3.05) is 6.54 Å². The maximum absolute atomic E-state index is 13.2. The summed E-state index contributed by atoms with van der Waals surface area (Å²) in [6.45, 7) is 6.89. The number of alkyl halides is 2. The topological polar surface area (TPSA) is 3.24 Å². The molecular weight excluding hydrogens is 172 g/mol. The zero-order chi connectivity index (χ0) is 9.85. The van der Waals surface area contributed by atoms with Gasteiger partial charge in [-0.2, -0.15) is 0 Å². The Bertz CT molecular complexity index is 219. The van der Waals surface area contributed by atoms with Crippen LogP contribution in [0.5, 0.6) is 0 Å². The van der Waals surface area contributed by atoms with E-state index in [0.29, 0.717) is 13.0 Å². The molecule has 13 heavy (non-hydrogen) atoms. The van der Waals surface area contributed by atoms with Crippen LogP contribution in [0.25, 0.3) is 0 Å². The summed E-state index contributed by atoms with van der Waals surface area (Å²) in [6, 6.07) is 0.125. The van der Waals surface area contributed by atoms with Crippen molar-refractivity contribution in [1.82, 2.24) is 4.90 Å². The molecule has 2 bridgehead atoms. The highest BCUT2D eigenvalue weighted by molar-refractivity contribution is 5.04. The van der Waals surface area contributed by atoms with Gasteiger partial charge in [0, 0.05) is 30.5 Å². The van der Waals surface area contributed by atoms with Crippen LogP contribution in [0.3, 0.4) is 0 Å². The highest BCUT2D eigenvalue weighted by atomic mass is 19.3. The molecule has 0 N–H and O–H groups in total. The second-order valence-electron chi connectivity index (χ2n) is 5.37. The number of hydrogen-bond acceptors (Lipinski definition) is 1. The van der Waals surface area contributed by atoms with Gasteiger partial charge < -0.3 is 0 Å². The summed E-state index contributed by atoms with van der Waals surface area (Å²) < 4.78 is 26.3. The number of hydrogen-bond donors (Lipinski definition) is 0. The summed E-state index contributed by atoms with van der Waals surface area (Å²) >= 11 is 0. The van der Waals surface area contributed by atoms with E-state index >= 15 is 0 Å². The van der Waals surface area contributed by atoms with Crippen LogP contribution in [0.1, 0.15) is 33.6 Å². The highest BCUT2D eigenvalue weighted by Crippen LogP contribution is 2.50. The van der Waals surface area contributed by atoms with Crippen molar-refractivity contribution < 1.29 is 8.78 Å². The van der Waals surface area contributed by atoms with Crippen molar-refractivity contribution in [2.24, 2.45) is 5.92 Å². The Morgan fingerprint density at radius 2 is 1.92 bits per heavy atom. The molecule has 1 aliphatic heterocycles. The van der Waals surface area contributed by atoms with Gasteiger partial charge in [0.15, 0.2) is 0 Å². The molecule has 0 aromatic carbocycles. The van der Waals surface area contributed by atoms with Crippen LogP contribution in [0.2, 0.25) is 0 Å². The summed E-state index contributed by atoms with van der Waals surface area (Å²) in [6.07, 6.45) is 0.777. The van der Waals surface area contributed by atoms with Crippen LogP contribution in [0.4, 0.5) is 8.78 Å². The third-order valence-electron chi connectivity index (χ3n) is 3.38. The molecule has 2 fully saturated rings. The quantitative estimate of drug-likeness (QED) is 0.566. The summed E-state index contributed by atoms with van der Waals surface area (Å²) in [5, 5.41) is 0. The molecule has 0 spiro atoms. The Balaban J connectivity index is 2.12. The minimum atomic E-state index is -2.38. The van der Waals surface area contributed by atoms with Gasteiger partial charge in [-0.15, -0.1) is 0 Å². The van der Waals surface area contributed by atoms with Gasteiger partial charge >= 0.3 is 0 Å². The fourth-order valence-electron chi connectivity index (χ4n) is 2.72. The Labute approximate surface area is 78.1 Å². The van der Waals surface area contributed by atoms with Gasteiger partial charge in [0.2, 0.25) is 0 Å². The van der Waals surface area contributed by atoms with Gasteiger partial charge in [0.05, 0.1) is 0 Å². The normalized spacial score (nSPS) is 38.5. The lowest BCUT2D eigenvalue weighted by Gasteiger charge is -2.40. The Kier molecular flexibility index (Phi) is 1.76. The first-order valence-electron chi connectivity index (χ1n) is 4.95. The first-order chi connectivity index (χ1) is 5.81. The minimum absolute atomic E-state index is 0.0515. The zero-order valence-electron chi connectivity index (χ0n) is 8.48. The van der Waals surface area contributed by atoms with Gasteiger partial charge in [0.1, 0.15) is 0 Å². The van der Waals surface area contributed by atoms with E-state index in [0.717, 1.165) is 0 Å². The fourth-order valence-corrected chi connectivity index (χ4v) is 2.72. The fraction of sp³-hybridized carbons (Fsp3) is 1.00. The lowest BCUT2D eigenvalue weighted by Crippen LogP contribution is -2.50. The summed E-state index contributed by atoms with van der Waals surface area (Å²) in [5.74, 6) is -2.76. The second kappa shape index (κ2) is 2.44. The zero-order valence-corrected chi connectivity index (χ0v) is 8.48. The molecule has 0 amide bonds. The molecule has 2 unspecified atom stereocenters. The lowest BCUT2D eigenvalue weighted by molar-refractivity contribution is -0.0808. The summed E-state index contributed by atoms with van der Waals surface area (Å²) in [4.78, 5) is 2.23. The number of piperidine rings is 1. The van der Waals surface area contributed by atoms with E-state index < -0.39 is 5.92 Å².